The van der Waals surface area contributed by atoms with Crippen molar-refractivity contribution in [1.82, 2.24) is 0 Å². The zero-order chi connectivity index (χ0) is 11.6. The second-order valence-electron chi connectivity index (χ2n) is 3.25. The van der Waals surface area contributed by atoms with Gasteiger partial charge in [0.25, 0.3) is 0 Å². The van der Waals surface area contributed by atoms with Crippen molar-refractivity contribution in [2.75, 3.05) is 22.1 Å². The molecule has 0 N–H and O–H groups in total. The third-order valence-electron chi connectivity index (χ3n) is 1.92. The van der Waals surface area contributed by atoms with Crippen molar-refractivity contribution in [1.29, 1.82) is 0 Å². The summed E-state index contributed by atoms with van der Waals surface area (Å²) < 4.78 is 13.4. The van der Waals surface area contributed by atoms with Crippen LogP contribution in [0.2, 0.25) is 0 Å². The summed E-state index contributed by atoms with van der Waals surface area (Å²) in [4.78, 5) is 0. The minimum Gasteiger partial charge on any atom is -0.494 e. The molecule has 1 aromatic carbocycles. The van der Waals surface area contributed by atoms with Crippen molar-refractivity contribution in [2.45, 2.75) is 12.8 Å². The van der Waals surface area contributed by atoms with Crippen LogP contribution < -0.4 is 9.47 Å². The number of halogens is 2. The molecule has 16 heavy (non-hydrogen) atoms. The third-order valence-corrected chi connectivity index (χ3v) is 3.44. The molecule has 0 heterocycles. The van der Waals surface area contributed by atoms with Crippen LogP contribution in [0.15, 0.2) is 24.3 Å². The van der Waals surface area contributed by atoms with Crippen LogP contribution in [-0.2, 0) is 0 Å². The number of hydrogen-bond donors (Lipinski definition) is 0. The molecule has 0 aliphatic carbocycles. The topological polar surface area (TPSA) is 18.5 Å². The van der Waals surface area contributed by atoms with Crippen LogP contribution in [0.3, 0.4) is 0 Å². The summed E-state index contributed by atoms with van der Waals surface area (Å²) in [5.74, 6) is 1.84. The molecule has 90 valence electrons. The highest BCUT2D eigenvalue weighted by Gasteiger charge is 1.96. The largest absolute Gasteiger partial charge is 0.494 e. The van der Waals surface area contributed by atoms with E-state index in [1.54, 1.807) is 0 Å². The maximum atomic E-state index is 5.57. The lowest BCUT2D eigenvalue weighted by Crippen LogP contribution is -1.99. The van der Waals surface area contributed by atoms with Crippen LogP contribution in [0.1, 0.15) is 12.8 Å². The summed E-state index contributed by atoms with van der Waals surface area (Å²) in [7, 11) is 0. The molecule has 0 radical (unpaired) electrons. The fourth-order valence-corrected chi connectivity index (χ4v) is 1.74. The van der Waals surface area contributed by atoms with Crippen molar-refractivity contribution in [3.63, 3.8) is 0 Å². The summed E-state index contributed by atoms with van der Waals surface area (Å²) in [6, 6.07) is 7.86. The Hall–Kier alpha value is 0.280. The molecule has 0 fully saturated rings. The maximum absolute atomic E-state index is 5.57. The molecule has 0 aliphatic heterocycles. The Morgan fingerprint density at radius 1 is 0.750 bits per heavy atom. The van der Waals surface area contributed by atoms with E-state index < -0.39 is 0 Å². The van der Waals surface area contributed by atoms with Gasteiger partial charge in [0.2, 0.25) is 0 Å². The molecule has 1 rings (SSSR count). The van der Waals surface area contributed by atoms with Gasteiger partial charge in [-0.2, -0.15) is 0 Å². The van der Waals surface area contributed by atoms with E-state index in [-0.39, 0.29) is 0 Å². The van der Waals surface area contributed by atoms with Gasteiger partial charge < -0.3 is 9.47 Å². The smallest absolute Gasteiger partial charge is 0.119 e. The van der Waals surface area contributed by atoms with Crippen LogP contribution in [-0.4, -0.2) is 22.1 Å². The van der Waals surface area contributed by atoms with Gasteiger partial charge in [0.15, 0.2) is 0 Å². The molecule has 4 heteroatoms. The van der Waals surface area contributed by atoms with Crippen LogP contribution in [0, 0.1) is 0 Å². The third kappa shape index (κ3) is 6.12. The monoisotopic (exact) mass is 446 g/mol. The lowest BCUT2D eigenvalue weighted by molar-refractivity contribution is 0.310. The van der Waals surface area contributed by atoms with Crippen molar-refractivity contribution in [3.8, 4) is 11.5 Å². The number of benzene rings is 1. The highest BCUT2D eigenvalue weighted by molar-refractivity contribution is 14.1. The van der Waals surface area contributed by atoms with Crippen molar-refractivity contribution in [2.24, 2.45) is 0 Å². The average molecular weight is 446 g/mol. The van der Waals surface area contributed by atoms with Crippen LogP contribution in [0.5, 0.6) is 11.5 Å². The van der Waals surface area contributed by atoms with E-state index in [1.807, 2.05) is 24.3 Å². The molecular weight excluding hydrogens is 430 g/mol. The second kappa shape index (κ2) is 9.32. The lowest BCUT2D eigenvalue weighted by Gasteiger charge is -2.07. The van der Waals surface area contributed by atoms with Crippen LogP contribution in [0.4, 0.5) is 0 Å². The van der Waals surface area contributed by atoms with E-state index in [0.29, 0.717) is 0 Å². The summed E-state index contributed by atoms with van der Waals surface area (Å²) >= 11 is 4.71. The van der Waals surface area contributed by atoms with Gasteiger partial charge in [0.05, 0.1) is 13.2 Å². The Bertz CT molecular complexity index is 246. The van der Waals surface area contributed by atoms with Gasteiger partial charge in [-0.15, -0.1) is 0 Å². The number of hydrogen-bond acceptors (Lipinski definition) is 2. The molecule has 0 unspecified atom stereocenters. The second-order valence-corrected chi connectivity index (χ2v) is 5.41. The summed E-state index contributed by atoms with van der Waals surface area (Å²) in [5, 5.41) is 0. The van der Waals surface area contributed by atoms with Crippen molar-refractivity contribution < 1.29 is 9.47 Å². The van der Waals surface area contributed by atoms with Crippen LogP contribution in [0.25, 0.3) is 0 Å². The van der Waals surface area contributed by atoms with E-state index in [0.717, 1.165) is 46.4 Å². The number of alkyl halides is 2. The lowest BCUT2D eigenvalue weighted by atomic mass is 10.3. The van der Waals surface area contributed by atoms with Gasteiger partial charge in [-0.25, -0.2) is 0 Å². The molecule has 2 nitrogen and oxygen atoms in total. The van der Waals surface area contributed by atoms with E-state index in [9.17, 15) is 0 Å². The standard InChI is InChI=1S/C12H16I2O2/c13-7-1-9-15-11-3-5-12(6-4-11)16-10-2-8-14/h3-6H,1-2,7-10H2. The minimum absolute atomic E-state index is 0.790. The molecule has 0 aliphatic rings. The van der Waals surface area contributed by atoms with Gasteiger partial charge in [0, 0.05) is 8.86 Å². The van der Waals surface area contributed by atoms with E-state index >= 15 is 0 Å². The quantitative estimate of drug-likeness (QED) is 0.341. The van der Waals surface area contributed by atoms with Gasteiger partial charge in [-0.05, 0) is 37.1 Å². The van der Waals surface area contributed by atoms with Gasteiger partial charge in [0.1, 0.15) is 11.5 Å². The zero-order valence-corrected chi connectivity index (χ0v) is 13.4. The normalized spacial score (nSPS) is 10.1. The Morgan fingerprint density at radius 3 is 1.44 bits per heavy atom. The first-order chi connectivity index (χ1) is 7.86. The highest BCUT2D eigenvalue weighted by Crippen LogP contribution is 2.17. The molecule has 0 bridgehead atoms. The molecule has 0 saturated heterocycles. The first-order valence-corrected chi connectivity index (χ1v) is 8.39. The Morgan fingerprint density at radius 2 is 1.12 bits per heavy atom. The zero-order valence-electron chi connectivity index (χ0n) is 9.12. The molecule has 1 aromatic rings. The number of rotatable bonds is 8. The van der Waals surface area contributed by atoms with Crippen LogP contribution >= 0.6 is 45.2 Å². The number of ether oxygens (including phenoxy) is 2. The highest BCUT2D eigenvalue weighted by atomic mass is 127. The predicted molar refractivity (Wildman–Crippen MR) is 84.4 cm³/mol. The first kappa shape index (κ1) is 14.3. The maximum Gasteiger partial charge on any atom is 0.119 e. The van der Waals surface area contributed by atoms with Gasteiger partial charge >= 0.3 is 0 Å². The molecule has 0 aromatic heterocycles. The minimum atomic E-state index is 0.790. The summed E-state index contributed by atoms with van der Waals surface area (Å²) in [6.07, 6.45) is 2.18. The van der Waals surface area contributed by atoms with E-state index in [2.05, 4.69) is 45.2 Å². The molecular formula is C12H16I2O2. The fourth-order valence-electron chi connectivity index (χ4n) is 1.12. The first-order valence-electron chi connectivity index (χ1n) is 5.34. The van der Waals surface area contributed by atoms with E-state index in [1.165, 1.54) is 0 Å². The summed E-state index contributed by atoms with van der Waals surface area (Å²) in [5.41, 5.74) is 0. The predicted octanol–water partition coefficient (Wildman–Crippen LogP) is 4.09. The molecule has 0 atom stereocenters. The Kier molecular flexibility index (Phi) is 8.36. The Balaban J connectivity index is 2.30. The van der Waals surface area contributed by atoms with Crippen molar-refractivity contribution in [3.05, 3.63) is 24.3 Å². The van der Waals surface area contributed by atoms with E-state index in [4.69, 9.17) is 9.47 Å². The Labute approximate surface area is 124 Å². The SMILES string of the molecule is ICCCOc1ccc(OCCCI)cc1. The van der Waals surface area contributed by atoms with Crippen molar-refractivity contribution >= 4 is 45.2 Å². The fraction of sp³-hybridized carbons (Fsp3) is 0.500. The molecule has 0 spiro atoms. The molecule has 0 amide bonds. The van der Waals surface area contributed by atoms with Gasteiger partial charge in [-0.3, -0.25) is 0 Å². The average Bonchev–Trinajstić information content (AvgIpc) is 2.32. The molecule has 0 saturated carbocycles. The summed E-state index contributed by atoms with van der Waals surface area (Å²) in [6.45, 7) is 1.58. The van der Waals surface area contributed by atoms with Gasteiger partial charge in [-0.1, -0.05) is 45.2 Å².